The fourth-order valence-corrected chi connectivity index (χ4v) is 4.67. The van der Waals surface area contributed by atoms with Gasteiger partial charge >= 0.3 is 6.03 Å². The number of hydrogen-bond acceptors (Lipinski definition) is 7. The Morgan fingerprint density at radius 3 is 2.79 bits per heavy atom. The minimum atomic E-state index is -3.92. The molecular formula is C17H24ClN5O5S. The molecule has 160 valence electrons. The minimum Gasteiger partial charge on any atom is -0.495 e. The van der Waals surface area contributed by atoms with Gasteiger partial charge in [-0.1, -0.05) is 11.6 Å². The van der Waals surface area contributed by atoms with Gasteiger partial charge in [0.25, 0.3) is 0 Å². The third-order valence-corrected chi connectivity index (χ3v) is 6.15. The first kappa shape index (κ1) is 23.0. The average Bonchev–Trinajstić information content (AvgIpc) is 3.07. The Balaban J connectivity index is 1.99. The first-order valence-electron chi connectivity index (χ1n) is 8.83. The predicted molar refractivity (Wildman–Crippen MR) is 106 cm³/mol. The summed E-state index contributed by atoms with van der Waals surface area (Å²) in [5.41, 5.74) is 0. The van der Waals surface area contributed by atoms with Crippen LogP contribution in [0.25, 0.3) is 0 Å². The normalized spacial score (nSPS) is 18.9. The number of carbonyl (C=O) groups is 1. The average molecular weight is 446 g/mol. The molecule has 1 aromatic rings. The van der Waals surface area contributed by atoms with E-state index in [4.69, 9.17) is 21.1 Å². The number of hydrogen-bond donors (Lipinski definition) is 3. The van der Waals surface area contributed by atoms with Crippen LogP contribution < -0.4 is 20.1 Å². The summed E-state index contributed by atoms with van der Waals surface area (Å²) in [4.78, 5) is 13.1. The molecule has 1 saturated heterocycles. The van der Waals surface area contributed by atoms with Gasteiger partial charge in [-0.2, -0.15) is 5.26 Å². The largest absolute Gasteiger partial charge is 0.495 e. The fourth-order valence-electron chi connectivity index (χ4n) is 3.00. The zero-order valence-electron chi connectivity index (χ0n) is 16.1. The number of nitrogens with one attached hydrogen (secondary N) is 3. The highest BCUT2D eigenvalue weighted by Gasteiger charge is 2.35. The number of amides is 2. The number of nitriles is 1. The number of urea groups is 1. The summed E-state index contributed by atoms with van der Waals surface area (Å²) < 4.78 is 38.1. The molecule has 0 unspecified atom stereocenters. The zero-order valence-corrected chi connectivity index (χ0v) is 17.7. The second-order valence-electron chi connectivity index (χ2n) is 6.38. The van der Waals surface area contributed by atoms with Crippen LogP contribution in [0.15, 0.2) is 23.1 Å². The van der Waals surface area contributed by atoms with Crippen LogP contribution in [0.2, 0.25) is 5.02 Å². The van der Waals surface area contributed by atoms with E-state index in [2.05, 4.69) is 15.4 Å². The molecule has 0 saturated carbocycles. The van der Waals surface area contributed by atoms with E-state index in [0.717, 1.165) is 0 Å². The highest BCUT2D eigenvalue weighted by atomic mass is 35.5. The molecule has 0 aliphatic carbocycles. The molecule has 2 atom stereocenters. The molecule has 0 radical (unpaired) electrons. The van der Waals surface area contributed by atoms with Crippen molar-refractivity contribution in [2.75, 3.05) is 40.5 Å². The number of ether oxygens (including phenoxy) is 2. The van der Waals surface area contributed by atoms with Crippen LogP contribution in [-0.2, 0) is 14.8 Å². The Bertz CT molecular complexity index is 860. The van der Waals surface area contributed by atoms with Gasteiger partial charge in [0.15, 0.2) is 6.19 Å². The van der Waals surface area contributed by atoms with Crippen molar-refractivity contribution in [2.24, 2.45) is 0 Å². The Labute approximate surface area is 175 Å². The molecule has 29 heavy (non-hydrogen) atoms. The van der Waals surface area contributed by atoms with Crippen LogP contribution in [0, 0.1) is 11.5 Å². The number of sulfonamides is 1. The summed E-state index contributed by atoms with van der Waals surface area (Å²) in [6.45, 7) is 1.14. The Morgan fingerprint density at radius 1 is 1.38 bits per heavy atom. The quantitative estimate of drug-likeness (QED) is 0.372. The van der Waals surface area contributed by atoms with Crippen molar-refractivity contribution in [1.82, 2.24) is 20.3 Å². The first-order valence-corrected chi connectivity index (χ1v) is 10.7. The Morgan fingerprint density at radius 2 is 2.14 bits per heavy atom. The highest BCUT2D eigenvalue weighted by Crippen LogP contribution is 2.28. The maximum absolute atomic E-state index is 12.8. The van der Waals surface area contributed by atoms with Gasteiger partial charge in [-0.15, -0.1) is 0 Å². The van der Waals surface area contributed by atoms with Crippen molar-refractivity contribution in [3.05, 3.63) is 23.2 Å². The molecule has 0 spiro atoms. The molecule has 1 heterocycles. The molecule has 0 bridgehead atoms. The van der Waals surface area contributed by atoms with Gasteiger partial charge in [-0.25, -0.2) is 17.9 Å². The summed E-state index contributed by atoms with van der Waals surface area (Å²) in [6.07, 6.45) is 2.39. The van der Waals surface area contributed by atoms with Crippen molar-refractivity contribution >= 4 is 27.7 Å². The van der Waals surface area contributed by atoms with Crippen molar-refractivity contribution in [2.45, 2.75) is 23.4 Å². The number of benzene rings is 1. The van der Waals surface area contributed by atoms with Gasteiger partial charge in [0.1, 0.15) is 10.6 Å². The lowest BCUT2D eigenvalue weighted by Crippen LogP contribution is -2.43. The Kier molecular flexibility index (Phi) is 8.33. The lowest BCUT2D eigenvalue weighted by molar-refractivity contribution is 0.195. The van der Waals surface area contributed by atoms with Crippen molar-refractivity contribution < 1.29 is 22.7 Å². The van der Waals surface area contributed by atoms with Crippen LogP contribution in [0.1, 0.15) is 6.42 Å². The van der Waals surface area contributed by atoms with E-state index >= 15 is 0 Å². The van der Waals surface area contributed by atoms with Crippen LogP contribution in [0.5, 0.6) is 5.75 Å². The van der Waals surface area contributed by atoms with Crippen molar-refractivity contribution in [3.63, 3.8) is 0 Å². The SMILES string of the molecule is COCCNC(=O)NC[C@H]1C[C@@H](NS(=O)(=O)c2cc(Cl)ccc2OC)CN1C#N. The van der Waals surface area contributed by atoms with E-state index in [-0.39, 0.29) is 40.8 Å². The molecule has 1 aromatic carbocycles. The van der Waals surface area contributed by atoms with E-state index in [0.29, 0.717) is 19.6 Å². The summed E-state index contributed by atoms with van der Waals surface area (Å²) in [5.74, 6) is 0.169. The minimum absolute atomic E-state index is 0.0740. The molecule has 1 aliphatic heterocycles. The van der Waals surface area contributed by atoms with Crippen LogP contribution in [0.4, 0.5) is 4.79 Å². The number of likely N-dealkylation sites (tertiary alicyclic amines) is 1. The molecule has 2 rings (SSSR count). The van der Waals surface area contributed by atoms with Gasteiger partial charge in [-0.05, 0) is 24.6 Å². The van der Waals surface area contributed by atoms with Gasteiger partial charge in [0.05, 0.1) is 19.8 Å². The number of rotatable bonds is 9. The van der Waals surface area contributed by atoms with E-state index in [1.165, 1.54) is 37.3 Å². The molecule has 2 amide bonds. The zero-order chi connectivity index (χ0) is 21.4. The van der Waals surface area contributed by atoms with Crippen LogP contribution in [-0.4, -0.2) is 71.9 Å². The number of halogens is 1. The van der Waals surface area contributed by atoms with E-state index in [1.54, 1.807) is 0 Å². The smallest absolute Gasteiger partial charge is 0.314 e. The Hall–Kier alpha value is -2.26. The van der Waals surface area contributed by atoms with E-state index in [1.807, 2.05) is 6.19 Å². The maximum Gasteiger partial charge on any atom is 0.314 e. The third kappa shape index (κ3) is 6.37. The van der Waals surface area contributed by atoms with Crippen molar-refractivity contribution in [1.29, 1.82) is 5.26 Å². The molecule has 3 N–H and O–H groups in total. The summed E-state index contributed by atoms with van der Waals surface area (Å²) >= 11 is 5.93. The highest BCUT2D eigenvalue weighted by molar-refractivity contribution is 7.89. The second-order valence-corrected chi connectivity index (χ2v) is 8.50. The number of nitrogens with zero attached hydrogens (tertiary/aromatic N) is 2. The molecule has 1 fully saturated rings. The lowest BCUT2D eigenvalue weighted by atomic mass is 10.2. The van der Waals surface area contributed by atoms with E-state index in [9.17, 15) is 18.5 Å². The monoisotopic (exact) mass is 445 g/mol. The van der Waals surface area contributed by atoms with Gasteiger partial charge in [0, 0.05) is 37.8 Å². The van der Waals surface area contributed by atoms with Gasteiger partial charge in [-0.3, -0.25) is 0 Å². The first-order chi connectivity index (χ1) is 13.8. The second kappa shape index (κ2) is 10.5. The summed E-state index contributed by atoms with van der Waals surface area (Å²) in [7, 11) is -1.02. The lowest BCUT2D eigenvalue weighted by Gasteiger charge is -2.18. The molecule has 10 nitrogen and oxygen atoms in total. The maximum atomic E-state index is 12.8. The summed E-state index contributed by atoms with van der Waals surface area (Å²) in [6, 6.07) is 3.10. The standard InChI is InChI=1S/C17H24ClN5O5S/c1-27-6-5-20-17(24)21-9-14-8-13(10-23(14)11-19)22-29(25,26)16-7-12(18)3-4-15(16)28-2/h3-4,7,13-14,22H,5-6,8-10H2,1-2H3,(H2,20,21,24)/t13-,14-/m1/s1. The molecule has 0 aromatic heterocycles. The summed E-state index contributed by atoms with van der Waals surface area (Å²) in [5, 5.41) is 14.9. The third-order valence-electron chi connectivity index (χ3n) is 4.37. The number of carbonyl (C=O) groups excluding carboxylic acids is 1. The molecular weight excluding hydrogens is 422 g/mol. The molecule has 12 heteroatoms. The predicted octanol–water partition coefficient (Wildman–Crippen LogP) is 0.496. The van der Waals surface area contributed by atoms with E-state index < -0.39 is 16.1 Å². The van der Waals surface area contributed by atoms with Gasteiger partial charge < -0.3 is 25.0 Å². The van der Waals surface area contributed by atoms with Crippen LogP contribution in [0.3, 0.4) is 0 Å². The van der Waals surface area contributed by atoms with Gasteiger partial charge in [0.2, 0.25) is 10.0 Å². The fraction of sp³-hybridized carbons (Fsp3) is 0.529. The number of methoxy groups -OCH3 is 2. The molecule has 1 aliphatic rings. The van der Waals surface area contributed by atoms with Crippen molar-refractivity contribution in [3.8, 4) is 11.9 Å². The topological polar surface area (TPSA) is 133 Å². The van der Waals surface area contributed by atoms with Crippen LogP contribution >= 0.6 is 11.6 Å².